The molecule has 1 aromatic heterocycles. The van der Waals surface area contributed by atoms with Gasteiger partial charge in [0.1, 0.15) is 24.2 Å². The SMILES string of the molecule is O=C(COc1ccc(Cl)c(F)c1)NC12CC(NC(=O)c3ccc(Cn4cncn4)cc3)(C1)C2. The number of hydrogen-bond acceptors (Lipinski definition) is 5. The number of carbonyl (C=O) groups excluding carboxylic acids is 2. The van der Waals surface area contributed by atoms with Crippen LogP contribution in [0.5, 0.6) is 5.75 Å². The van der Waals surface area contributed by atoms with Crippen molar-refractivity contribution >= 4 is 23.4 Å². The van der Waals surface area contributed by atoms with Crippen LogP contribution in [0.25, 0.3) is 0 Å². The van der Waals surface area contributed by atoms with Crippen LogP contribution >= 0.6 is 11.6 Å². The molecule has 3 aromatic rings. The molecule has 10 heteroatoms. The van der Waals surface area contributed by atoms with Crippen LogP contribution < -0.4 is 15.4 Å². The summed E-state index contributed by atoms with van der Waals surface area (Å²) >= 11 is 5.64. The first-order valence-electron chi connectivity index (χ1n) is 10.5. The van der Waals surface area contributed by atoms with Crippen molar-refractivity contribution in [3.63, 3.8) is 0 Å². The Morgan fingerprint density at radius 3 is 2.48 bits per heavy atom. The summed E-state index contributed by atoms with van der Waals surface area (Å²) < 4.78 is 20.5. The van der Waals surface area contributed by atoms with Crippen molar-refractivity contribution in [2.24, 2.45) is 0 Å². The van der Waals surface area contributed by atoms with Crippen molar-refractivity contribution in [1.29, 1.82) is 0 Å². The summed E-state index contributed by atoms with van der Waals surface area (Å²) in [5.74, 6) is -0.778. The van der Waals surface area contributed by atoms with Gasteiger partial charge in [-0.1, -0.05) is 23.7 Å². The molecule has 0 aliphatic heterocycles. The molecule has 1 heterocycles. The minimum Gasteiger partial charge on any atom is -0.484 e. The van der Waals surface area contributed by atoms with Crippen LogP contribution in [0.3, 0.4) is 0 Å². The van der Waals surface area contributed by atoms with Gasteiger partial charge in [-0.25, -0.2) is 14.1 Å². The molecule has 0 unspecified atom stereocenters. The Labute approximate surface area is 194 Å². The molecular weight excluding hydrogens is 449 g/mol. The Morgan fingerprint density at radius 2 is 1.82 bits per heavy atom. The Kier molecular flexibility index (Phi) is 5.28. The van der Waals surface area contributed by atoms with Gasteiger partial charge >= 0.3 is 0 Å². The van der Waals surface area contributed by atoms with Crippen LogP contribution in [0.4, 0.5) is 4.39 Å². The molecule has 2 amide bonds. The zero-order valence-electron chi connectivity index (χ0n) is 17.6. The van der Waals surface area contributed by atoms with E-state index < -0.39 is 5.82 Å². The fourth-order valence-electron chi connectivity index (χ4n) is 4.68. The van der Waals surface area contributed by atoms with Crippen molar-refractivity contribution in [1.82, 2.24) is 25.4 Å². The maximum absolute atomic E-state index is 13.5. The van der Waals surface area contributed by atoms with E-state index in [0.29, 0.717) is 31.4 Å². The first kappa shape index (κ1) is 21.4. The van der Waals surface area contributed by atoms with Gasteiger partial charge in [0.05, 0.1) is 11.6 Å². The molecule has 2 N–H and O–H groups in total. The number of ether oxygens (including phenoxy) is 1. The number of nitrogens with zero attached hydrogens (tertiary/aromatic N) is 3. The van der Waals surface area contributed by atoms with Crippen LogP contribution in [-0.4, -0.2) is 44.3 Å². The summed E-state index contributed by atoms with van der Waals surface area (Å²) in [7, 11) is 0. The largest absolute Gasteiger partial charge is 0.484 e. The Bertz CT molecular complexity index is 1180. The lowest BCUT2D eigenvalue weighted by Gasteiger charge is -2.70. The van der Waals surface area contributed by atoms with Crippen LogP contribution in [0.2, 0.25) is 5.02 Å². The van der Waals surface area contributed by atoms with Crippen molar-refractivity contribution in [2.45, 2.75) is 36.9 Å². The zero-order valence-corrected chi connectivity index (χ0v) is 18.3. The third-order valence-corrected chi connectivity index (χ3v) is 6.41. The van der Waals surface area contributed by atoms with E-state index in [1.165, 1.54) is 18.5 Å². The minimum absolute atomic E-state index is 0.00395. The Morgan fingerprint density at radius 1 is 1.09 bits per heavy atom. The first-order valence-corrected chi connectivity index (χ1v) is 10.8. The molecule has 0 atom stereocenters. The number of halogens is 2. The van der Waals surface area contributed by atoms with Crippen LogP contribution in [0, 0.1) is 5.82 Å². The van der Waals surface area contributed by atoms with E-state index in [-0.39, 0.29) is 40.3 Å². The zero-order chi connectivity index (χ0) is 23.1. The van der Waals surface area contributed by atoms with Gasteiger partial charge in [-0.15, -0.1) is 0 Å². The quantitative estimate of drug-likeness (QED) is 0.528. The standard InChI is InChI=1S/C23H21ClFN5O3/c24-18-6-5-17(7-19(18)25)33-9-20(31)28-22-10-23(11-22,12-22)29-21(32)16-3-1-15(2-4-16)8-30-14-26-13-27-30/h1-7,13-14H,8-12H2,(H,28,31)(H,29,32). The number of nitrogens with one attached hydrogen (secondary N) is 2. The summed E-state index contributed by atoms with van der Waals surface area (Å²) in [6.45, 7) is 0.369. The van der Waals surface area contributed by atoms with Crippen LogP contribution in [0.15, 0.2) is 55.1 Å². The molecule has 170 valence electrons. The molecule has 0 saturated heterocycles. The highest BCUT2D eigenvalue weighted by Crippen LogP contribution is 2.60. The monoisotopic (exact) mass is 469 g/mol. The van der Waals surface area contributed by atoms with Crippen molar-refractivity contribution in [3.8, 4) is 5.75 Å². The Hall–Kier alpha value is -3.46. The lowest BCUT2D eigenvalue weighted by atomic mass is 9.44. The van der Waals surface area contributed by atoms with E-state index >= 15 is 0 Å². The predicted molar refractivity (Wildman–Crippen MR) is 117 cm³/mol. The van der Waals surface area contributed by atoms with E-state index in [1.807, 2.05) is 12.1 Å². The van der Waals surface area contributed by atoms with E-state index in [9.17, 15) is 14.0 Å². The maximum Gasteiger partial charge on any atom is 0.258 e. The molecule has 6 rings (SSSR count). The summed E-state index contributed by atoms with van der Waals surface area (Å²) in [4.78, 5) is 28.8. The molecule has 33 heavy (non-hydrogen) atoms. The van der Waals surface area contributed by atoms with E-state index in [1.54, 1.807) is 23.1 Å². The molecule has 8 nitrogen and oxygen atoms in total. The van der Waals surface area contributed by atoms with Gasteiger partial charge in [0.15, 0.2) is 6.61 Å². The van der Waals surface area contributed by atoms with E-state index in [2.05, 4.69) is 20.7 Å². The fraction of sp³-hybridized carbons (Fsp3) is 0.304. The molecule has 3 aliphatic carbocycles. The number of amides is 2. The lowest BCUT2D eigenvalue weighted by molar-refractivity contribution is -0.141. The number of carbonyl (C=O) groups is 2. The molecular formula is C23H21ClFN5O3. The smallest absolute Gasteiger partial charge is 0.258 e. The second kappa shape index (κ2) is 8.15. The summed E-state index contributed by atoms with van der Waals surface area (Å²) in [6.07, 6.45) is 5.16. The third kappa shape index (κ3) is 4.41. The minimum atomic E-state index is -0.600. The molecule has 2 aromatic carbocycles. The number of hydrogen-bond donors (Lipinski definition) is 2. The third-order valence-electron chi connectivity index (χ3n) is 6.10. The number of benzene rings is 2. The van der Waals surface area contributed by atoms with Gasteiger partial charge < -0.3 is 15.4 Å². The predicted octanol–water partition coefficient (Wildman–Crippen LogP) is 2.72. The van der Waals surface area contributed by atoms with Gasteiger partial charge in [-0.05, 0) is 49.1 Å². The van der Waals surface area contributed by atoms with Crippen molar-refractivity contribution < 1.29 is 18.7 Å². The first-order chi connectivity index (χ1) is 15.8. The average molecular weight is 470 g/mol. The number of aromatic nitrogens is 3. The van der Waals surface area contributed by atoms with Crippen molar-refractivity contribution in [3.05, 3.63) is 77.1 Å². The van der Waals surface area contributed by atoms with E-state index in [4.69, 9.17) is 16.3 Å². The summed E-state index contributed by atoms with van der Waals surface area (Å²) in [5.41, 5.74) is 1.03. The number of rotatable bonds is 8. The summed E-state index contributed by atoms with van der Waals surface area (Å²) in [6, 6.07) is 11.4. The second-order valence-corrected chi connectivity index (χ2v) is 9.16. The van der Waals surface area contributed by atoms with Gasteiger partial charge in [0, 0.05) is 22.7 Å². The van der Waals surface area contributed by atoms with E-state index in [0.717, 1.165) is 11.6 Å². The highest BCUT2D eigenvalue weighted by atomic mass is 35.5. The van der Waals surface area contributed by atoms with Gasteiger partial charge in [0.25, 0.3) is 11.8 Å². The topological polar surface area (TPSA) is 98.1 Å². The summed E-state index contributed by atoms with van der Waals surface area (Å²) in [5, 5.41) is 10.1. The molecule has 3 saturated carbocycles. The average Bonchev–Trinajstić information content (AvgIpc) is 3.25. The van der Waals surface area contributed by atoms with Crippen molar-refractivity contribution in [2.75, 3.05) is 6.61 Å². The van der Waals surface area contributed by atoms with Gasteiger partial charge in [-0.2, -0.15) is 5.10 Å². The molecule has 3 aliphatic rings. The molecule has 0 spiro atoms. The molecule has 0 radical (unpaired) electrons. The highest BCUT2D eigenvalue weighted by molar-refractivity contribution is 6.30. The lowest BCUT2D eigenvalue weighted by Crippen LogP contribution is -2.84. The van der Waals surface area contributed by atoms with Crippen LogP contribution in [0.1, 0.15) is 35.2 Å². The van der Waals surface area contributed by atoms with Crippen LogP contribution in [-0.2, 0) is 11.3 Å². The Balaban J connectivity index is 1.07. The normalized spacial score (nSPS) is 22.6. The molecule has 2 bridgehead atoms. The second-order valence-electron chi connectivity index (χ2n) is 8.75. The van der Waals surface area contributed by atoms with Gasteiger partial charge in [0.2, 0.25) is 0 Å². The highest BCUT2D eigenvalue weighted by Gasteiger charge is 2.69. The molecule has 3 fully saturated rings. The van der Waals surface area contributed by atoms with Gasteiger partial charge in [-0.3, -0.25) is 9.59 Å². The maximum atomic E-state index is 13.5. The fourth-order valence-corrected chi connectivity index (χ4v) is 4.79.